The fourth-order valence-electron chi connectivity index (χ4n) is 3.61. The number of hydrogen-bond acceptors (Lipinski definition) is 6. The Bertz CT molecular complexity index is 806. The van der Waals surface area contributed by atoms with Gasteiger partial charge in [-0.2, -0.15) is 0 Å². The van der Waals surface area contributed by atoms with Crippen LogP contribution in [-0.2, 0) is 20.9 Å². The molecule has 2 rings (SSSR count). The largest absolute Gasteiger partial charge is 0.481 e. The predicted octanol–water partition coefficient (Wildman–Crippen LogP) is 3.34. The maximum Gasteiger partial charge on any atom is 0.410 e. The molecule has 2 amide bonds. The first kappa shape index (κ1) is 26.4. The Balaban J connectivity index is 2.03. The third kappa shape index (κ3) is 9.29. The number of rotatable bonds is 8. The minimum absolute atomic E-state index is 0.0253. The fourth-order valence-corrected chi connectivity index (χ4v) is 3.61. The first-order valence-electron chi connectivity index (χ1n) is 11.2. The lowest BCUT2D eigenvalue weighted by atomic mass is 9.89. The molecule has 0 aliphatic carbocycles. The average molecular weight is 464 g/mol. The summed E-state index contributed by atoms with van der Waals surface area (Å²) in [5.41, 5.74) is -0.176. The topological polar surface area (TPSA) is 108 Å². The third-order valence-electron chi connectivity index (χ3n) is 5.19. The second-order valence-corrected chi connectivity index (χ2v) is 10.2. The van der Waals surface area contributed by atoms with Crippen molar-refractivity contribution in [1.29, 1.82) is 0 Å². The van der Waals surface area contributed by atoms with Crippen LogP contribution >= 0.6 is 0 Å². The zero-order valence-corrected chi connectivity index (χ0v) is 20.3. The standard InChI is InChI=1S/C24H37N3O6/c1-23(2,3)33-21(30)26-11-12-27(22(31)32-16-18-9-7-6-8-10-18)19(15-26)14-25-17-24(4,5)13-20(28)29/h6-10,19,25H,11-17H2,1-5H3,(H,28,29)/t19-/m1/s1. The van der Waals surface area contributed by atoms with Gasteiger partial charge < -0.3 is 29.7 Å². The molecule has 184 valence electrons. The van der Waals surface area contributed by atoms with Gasteiger partial charge in [-0.1, -0.05) is 44.2 Å². The number of carbonyl (C=O) groups excluding carboxylic acids is 2. The summed E-state index contributed by atoms with van der Waals surface area (Å²) >= 11 is 0. The van der Waals surface area contributed by atoms with Gasteiger partial charge in [-0.05, 0) is 31.7 Å². The van der Waals surface area contributed by atoms with Crippen LogP contribution in [0, 0.1) is 5.41 Å². The first-order chi connectivity index (χ1) is 15.4. The average Bonchev–Trinajstić information content (AvgIpc) is 2.70. The van der Waals surface area contributed by atoms with Crippen LogP contribution in [0.4, 0.5) is 9.59 Å². The molecule has 9 nitrogen and oxygen atoms in total. The van der Waals surface area contributed by atoms with E-state index in [1.54, 1.807) is 9.80 Å². The normalized spacial score (nSPS) is 16.9. The van der Waals surface area contributed by atoms with Gasteiger partial charge in [0, 0.05) is 32.7 Å². The van der Waals surface area contributed by atoms with Crippen LogP contribution in [0.3, 0.4) is 0 Å². The summed E-state index contributed by atoms with van der Waals surface area (Å²) in [4.78, 5) is 39.8. The molecule has 2 N–H and O–H groups in total. The number of aliphatic carboxylic acids is 1. The number of ether oxygens (including phenoxy) is 2. The number of carbonyl (C=O) groups is 3. The van der Waals surface area contributed by atoms with Crippen LogP contribution < -0.4 is 5.32 Å². The van der Waals surface area contributed by atoms with Crippen LogP contribution in [0.15, 0.2) is 30.3 Å². The van der Waals surface area contributed by atoms with E-state index >= 15 is 0 Å². The van der Waals surface area contributed by atoms with E-state index in [1.165, 1.54) is 0 Å². The van der Waals surface area contributed by atoms with Crippen LogP contribution in [0.25, 0.3) is 0 Å². The van der Waals surface area contributed by atoms with E-state index in [9.17, 15) is 14.4 Å². The van der Waals surface area contributed by atoms with Gasteiger partial charge in [-0.3, -0.25) is 4.79 Å². The Morgan fingerprint density at radius 1 is 1.06 bits per heavy atom. The van der Waals surface area contributed by atoms with E-state index in [1.807, 2.05) is 65.0 Å². The highest BCUT2D eigenvalue weighted by molar-refractivity contribution is 5.71. The number of nitrogens with one attached hydrogen (secondary N) is 1. The summed E-state index contributed by atoms with van der Waals surface area (Å²) in [6, 6.07) is 9.10. The molecule has 1 atom stereocenters. The summed E-state index contributed by atoms with van der Waals surface area (Å²) in [5, 5.41) is 12.4. The maximum absolute atomic E-state index is 12.9. The second-order valence-electron chi connectivity index (χ2n) is 10.2. The van der Waals surface area contributed by atoms with E-state index in [0.717, 1.165) is 5.56 Å². The minimum atomic E-state index is -0.860. The van der Waals surface area contributed by atoms with Gasteiger partial charge in [0.2, 0.25) is 0 Å². The van der Waals surface area contributed by atoms with Crippen molar-refractivity contribution in [3.8, 4) is 0 Å². The molecule has 1 heterocycles. The molecule has 1 aromatic carbocycles. The van der Waals surface area contributed by atoms with Gasteiger partial charge >= 0.3 is 18.2 Å². The van der Waals surface area contributed by atoms with Crippen molar-refractivity contribution in [3.05, 3.63) is 35.9 Å². The Morgan fingerprint density at radius 3 is 2.33 bits per heavy atom. The molecule has 1 aliphatic rings. The number of carboxylic acids is 1. The molecule has 33 heavy (non-hydrogen) atoms. The Kier molecular flexibility index (Phi) is 9.10. The van der Waals surface area contributed by atoms with E-state index < -0.39 is 29.2 Å². The van der Waals surface area contributed by atoms with Crippen molar-refractivity contribution >= 4 is 18.2 Å². The number of hydrogen-bond donors (Lipinski definition) is 2. The van der Waals surface area contributed by atoms with Crippen molar-refractivity contribution in [1.82, 2.24) is 15.1 Å². The molecule has 0 bridgehead atoms. The zero-order chi connectivity index (χ0) is 24.6. The van der Waals surface area contributed by atoms with Crippen molar-refractivity contribution in [3.63, 3.8) is 0 Å². The smallest absolute Gasteiger partial charge is 0.410 e. The number of piperazine rings is 1. The summed E-state index contributed by atoms with van der Waals surface area (Å²) in [5.74, 6) is -0.860. The van der Waals surface area contributed by atoms with Gasteiger partial charge in [0.1, 0.15) is 12.2 Å². The molecular weight excluding hydrogens is 426 g/mol. The van der Waals surface area contributed by atoms with E-state index in [4.69, 9.17) is 14.6 Å². The van der Waals surface area contributed by atoms with Crippen LogP contribution in [0.1, 0.15) is 46.6 Å². The summed E-state index contributed by atoms with van der Waals surface area (Å²) in [7, 11) is 0. The molecule has 0 unspecified atom stereocenters. The Labute approximate surface area is 196 Å². The van der Waals surface area contributed by atoms with Gasteiger partial charge in [-0.25, -0.2) is 9.59 Å². The second kappa shape index (κ2) is 11.4. The monoisotopic (exact) mass is 463 g/mol. The van der Waals surface area contributed by atoms with Gasteiger partial charge in [0.05, 0.1) is 12.5 Å². The highest BCUT2D eigenvalue weighted by Crippen LogP contribution is 2.20. The van der Waals surface area contributed by atoms with Crippen molar-refractivity contribution < 1.29 is 29.0 Å². The van der Waals surface area contributed by atoms with Crippen molar-refractivity contribution in [2.45, 2.75) is 59.3 Å². The molecular formula is C24H37N3O6. The summed E-state index contributed by atoms with van der Waals surface area (Å²) in [6.07, 6.45) is -0.840. The summed E-state index contributed by atoms with van der Waals surface area (Å²) < 4.78 is 11.0. The Hall–Kier alpha value is -2.81. The number of carboxylic acid groups (broad SMARTS) is 1. The first-order valence-corrected chi connectivity index (χ1v) is 11.2. The molecule has 0 aromatic heterocycles. The van der Waals surface area contributed by atoms with Gasteiger partial charge in [0.25, 0.3) is 0 Å². The molecule has 0 saturated carbocycles. The summed E-state index contributed by atoms with van der Waals surface area (Å²) in [6.45, 7) is 11.1. The zero-order valence-electron chi connectivity index (χ0n) is 20.3. The van der Waals surface area contributed by atoms with Crippen molar-refractivity contribution in [2.24, 2.45) is 5.41 Å². The molecule has 9 heteroatoms. The fraction of sp³-hybridized carbons (Fsp3) is 0.625. The quantitative estimate of drug-likeness (QED) is 0.609. The van der Waals surface area contributed by atoms with Crippen LogP contribution in [-0.4, -0.2) is 77.4 Å². The van der Waals surface area contributed by atoms with E-state index in [-0.39, 0.29) is 19.1 Å². The maximum atomic E-state index is 12.9. The number of amides is 2. The van der Waals surface area contributed by atoms with Crippen LogP contribution in [0.5, 0.6) is 0 Å². The predicted molar refractivity (Wildman–Crippen MR) is 124 cm³/mol. The molecule has 1 saturated heterocycles. The number of benzene rings is 1. The highest BCUT2D eigenvalue weighted by Gasteiger charge is 2.35. The molecule has 1 aromatic rings. The molecule has 0 spiro atoms. The minimum Gasteiger partial charge on any atom is -0.481 e. The third-order valence-corrected chi connectivity index (χ3v) is 5.19. The van der Waals surface area contributed by atoms with E-state index in [2.05, 4.69) is 5.32 Å². The number of nitrogens with zero attached hydrogens (tertiary/aromatic N) is 2. The lowest BCUT2D eigenvalue weighted by Gasteiger charge is -2.41. The Morgan fingerprint density at radius 2 is 1.73 bits per heavy atom. The van der Waals surface area contributed by atoms with E-state index in [0.29, 0.717) is 32.7 Å². The van der Waals surface area contributed by atoms with Crippen LogP contribution in [0.2, 0.25) is 0 Å². The molecule has 1 aliphatic heterocycles. The lowest BCUT2D eigenvalue weighted by molar-refractivity contribution is -0.139. The van der Waals surface area contributed by atoms with Gasteiger partial charge in [0.15, 0.2) is 0 Å². The molecule has 1 fully saturated rings. The van der Waals surface area contributed by atoms with Gasteiger partial charge in [-0.15, -0.1) is 0 Å². The SMILES string of the molecule is CC(C)(CNC[C@@H]1CN(C(=O)OC(C)(C)C)CCN1C(=O)OCc1ccccc1)CC(=O)O. The van der Waals surface area contributed by atoms with Crippen molar-refractivity contribution in [2.75, 3.05) is 32.7 Å². The highest BCUT2D eigenvalue weighted by atomic mass is 16.6. The lowest BCUT2D eigenvalue weighted by Crippen LogP contribution is -2.60. The molecule has 0 radical (unpaired) electrons.